The Kier molecular flexibility index (Phi) is 10.9. The molecule has 0 amide bonds. The molecule has 2 heteroatoms. The molecule has 0 aromatic carbocycles. The van der Waals surface area contributed by atoms with Gasteiger partial charge < -0.3 is 4.90 Å². The summed E-state index contributed by atoms with van der Waals surface area (Å²) in [5, 5.41) is 1.32. The van der Waals surface area contributed by atoms with Gasteiger partial charge in [-0.05, 0) is 58.8 Å². The van der Waals surface area contributed by atoms with E-state index < -0.39 is 0 Å². The Hall–Kier alpha value is -0.470. The number of thioether (sulfide) groups is 1. The lowest BCUT2D eigenvalue weighted by molar-refractivity contribution is 0.277. The summed E-state index contributed by atoms with van der Waals surface area (Å²) < 4.78 is 0. The Labute approximate surface area is 143 Å². The molecule has 1 atom stereocenters. The van der Waals surface area contributed by atoms with E-state index in [9.17, 15) is 0 Å². The van der Waals surface area contributed by atoms with Crippen LogP contribution in [0.4, 0.5) is 0 Å². The van der Waals surface area contributed by atoms with E-state index in [0.717, 1.165) is 25.8 Å². The smallest absolute Gasteiger partial charge is 0.00897 e. The first-order valence-corrected chi connectivity index (χ1v) is 9.43. The quantitative estimate of drug-likeness (QED) is 0.316. The van der Waals surface area contributed by atoms with Crippen molar-refractivity contribution in [2.75, 3.05) is 13.6 Å². The molecule has 0 aromatic heterocycles. The van der Waals surface area contributed by atoms with Gasteiger partial charge >= 0.3 is 0 Å². The van der Waals surface area contributed by atoms with Gasteiger partial charge in [0, 0.05) is 17.8 Å². The van der Waals surface area contributed by atoms with Crippen LogP contribution in [-0.4, -0.2) is 35.0 Å². The molecule has 0 spiro atoms. The van der Waals surface area contributed by atoms with E-state index in [-0.39, 0.29) is 0 Å². The average Bonchev–Trinajstić information content (AvgIpc) is 2.39. The van der Waals surface area contributed by atoms with Gasteiger partial charge in [0.05, 0.1) is 0 Å². The van der Waals surface area contributed by atoms with Gasteiger partial charge in [-0.1, -0.05) is 43.7 Å². The fourth-order valence-corrected chi connectivity index (χ4v) is 3.65. The molecule has 1 nitrogen and oxygen atoms in total. The second-order valence-electron chi connectivity index (χ2n) is 7.04. The first-order chi connectivity index (χ1) is 10.1. The van der Waals surface area contributed by atoms with Crippen LogP contribution in [0.3, 0.4) is 0 Å². The van der Waals surface area contributed by atoms with Gasteiger partial charge in [-0.3, -0.25) is 0 Å². The van der Waals surface area contributed by atoms with Crippen molar-refractivity contribution >= 4 is 11.8 Å². The summed E-state index contributed by atoms with van der Waals surface area (Å²) in [5.74, 6) is 0. The zero-order chi connectivity index (χ0) is 17.3. The lowest BCUT2D eigenvalue weighted by atomic mass is 9.99. The second kappa shape index (κ2) is 11.1. The molecule has 0 aromatic rings. The van der Waals surface area contributed by atoms with Crippen molar-refractivity contribution in [2.45, 2.75) is 76.8 Å². The first-order valence-electron chi connectivity index (χ1n) is 8.49. The largest absolute Gasteiger partial charge is 0.304 e. The molecule has 0 aliphatic heterocycles. The zero-order valence-corrected chi connectivity index (χ0v) is 16.6. The van der Waals surface area contributed by atoms with Crippen LogP contribution in [0.2, 0.25) is 0 Å². The fraction of sp³-hybridized carbons (Fsp3) is 0.700. The van der Waals surface area contributed by atoms with E-state index in [4.69, 9.17) is 0 Å². The summed E-state index contributed by atoms with van der Waals surface area (Å²) >= 11 is 2.06. The van der Waals surface area contributed by atoms with E-state index in [1.807, 2.05) is 0 Å². The van der Waals surface area contributed by atoms with Crippen molar-refractivity contribution in [3.05, 3.63) is 36.5 Å². The van der Waals surface area contributed by atoms with Crippen molar-refractivity contribution in [3.8, 4) is 0 Å². The molecule has 0 saturated carbocycles. The van der Waals surface area contributed by atoms with Crippen LogP contribution in [0.15, 0.2) is 36.5 Å². The molecule has 0 bridgehead atoms. The molecule has 0 heterocycles. The van der Waals surface area contributed by atoms with E-state index in [1.54, 1.807) is 0 Å². The number of nitrogens with zero attached hydrogens (tertiary/aromatic N) is 1. The number of rotatable bonds is 12. The molecular formula is C20H37NS. The molecule has 0 aliphatic rings. The molecule has 0 fully saturated rings. The van der Waals surface area contributed by atoms with Crippen molar-refractivity contribution in [2.24, 2.45) is 0 Å². The normalized spacial score (nSPS) is 13.0. The van der Waals surface area contributed by atoms with E-state index in [2.05, 4.69) is 78.1 Å². The lowest BCUT2D eigenvalue weighted by Crippen LogP contribution is -2.27. The van der Waals surface area contributed by atoms with Crippen molar-refractivity contribution in [1.29, 1.82) is 0 Å². The highest BCUT2D eigenvalue weighted by atomic mass is 32.2. The molecule has 0 radical (unpaired) electrons. The number of hydrogen-bond acceptors (Lipinski definition) is 2. The summed E-state index contributed by atoms with van der Waals surface area (Å²) in [4.78, 5) is 2.36. The SMILES string of the molecule is C=C(C)CC(CCC(=C)C(=C)CCN(C)C(C)C)SC(C)C. The van der Waals surface area contributed by atoms with E-state index >= 15 is 0 Å². The van der Waals surface area contributed by atoms with Gasteiger partial charge in [-0.15, -0.1) is 6.58 Å². The highest BCUT2D eigenvalue weighted by Crippen LogP contribution is 2.29. The number of allylic oxidation sites excluding steroid dienone is 2. The zero-order valence-electron chi connectivity index (χ0n) is 15.7. The standard InChI is InChI=1S/C20H37NS/c1-15(2)14-20(22-17(5)6)11-10-18(7)19(8)12-13-21(9)16(3)4/h16-17,20H,1,7-8,10-14H2,2-6,9H3. The Balaban J connectivity index is 4.26. The minimum absolute atomic E-state index is 0.587. The van der Waals surface area contributed by atoms with Crippen LogP contribution in [0.5, 0.6) is 0 Å². The molecule has 22 heavy (non-hydrogen) atoms. The fourth-order valence-electron chi connectivity index (χ4n) is 2.25. The van der Waals surface area contributed by atoms with Crippen LogP contribution in [0.1, 0.15) is 60.3 Å². The summed E-state index contributed by atoms with van der Waals surface area (Å²) in [6.45, 7) is 24.7. The number of hydrogen-bond donors (Lipinski definition) is 0. The van der Waals surface area contributed by atoms with Crippen LogP contribution in [0.25, 0.3) is 0 Å². The Morgan fingerprint density at radius 2 is 1.55 bits per heavy atom. The molecule has 0 aliphatic carbocycles. The van der Waals surface area contributed by atoms with Gasteiger partial charge in [0.2, 0.25) is 0 Å². The maximum absolute atomic E-state index is 4.26. The predicted octanol–water partition coefficient (Wildman–Crippen LogP) is 6.09. The van der Waals surface area contributed by atoms with Gasteiger partial charge in [0.15, 0.2) is 0 Å². The Morgan fingerprint density at radius 1 is 1.00 bits per heavy atom. The summed E-state index contributed by atoms with van der Waals surface area (Å²) in [6.07, 6.45) is 4.37. The lowest BCUT2D eigenvalue weighted by Gasteiger charge is -2.23. The van der Waals surface area contributed by atoms with Crippen LogP contribution in [-0.2, 0) is 0 Å². The van der Waals surface area contributed by atoms with Gasteiger partial charge in [0.1, 0.15) is 0 Å². The van der Waals surface area contributed by atoms with Crippen molar-refractivity contribution in [3.63, 3.8) is 0 Å². The summed E-state index contributed by atoms with van der Waals surface area (Å²) in [6, 6.07) is 0.587. The maximum atomic E-state index is 4.26. The molecule has 0 saturated heterocycles. The average molecular weight is 324 g/mol. The minimum atomic E-state index is 0.587. The minimum Gasteiger partial charge on any atom is -0.304 e. The molecular weight excluding hydrogens is 286 g/mol. The maximum Gasteiger partial charge on any atom is 0.00897 e. The van der Waals surface area contributed by atoms with Crippen molar-refractivity contribution < 1.29 is 0 Å². The molecule has 0 N–H and O–H groups in total. The molecule has 128 valence electrons. The van der Waals surface area contributed by atoms with E-state index in [1.165, 1.54) is 23.1 Å². The van der Waals surface area contributed by atoms with Crippen molar-refractivity contribution in [1.82, 2.24) is 4.90 Å². The first kappa shape index (κ1) is 21.5. The van der Waals surface area contributed by atoms with Gasteiger partial charge in [-0.2, -0.15) is 11.8 Å². The summed E-state index contributed by atoms with van der Waals surface area (Å²) in [5.41, 5.74) is 3.73. The predicted molar refractivity (Wildman–Crippen MR) is 106 cm³/mol. The van der Waals surface area contributed by atoms with Crippen LogP contribution >= 0.6 is 11.8 Å². The topological polar surface area (TPSA) is 3.24 Å². The van der Waals surface area contributed by atoms with Crippen LogP contribution in [0, 0.1) is 0 Å². The third-order valence-corrected chi connectivity index (χ3v) is 5.29. The summed E-state index contributed by atoms with van der Waals surface area (Å²) in [7, 11) is 2.17. The van der Waals surface area contributed by atoms with Gasteiger partial charge in [-0.25, -0.2) is 0 Å². The Bertz CT molecular complexity index is 368. The highest BCUT2D eigenvalue weighted by molar-refractivity contribution is 8.00. The third-order valence-electron chi connectivity index (χ3n) is 3.96. The highest BCUT2D eigenvalue weighted by Gasteiger charge is 2.13. The Morgan fingerprint density at radius 3 is 2.00 bits per heavy atom. The second-order valence-corrected chi connectivity index (χ2v) is 8.92. The molecule has 1 unspecified atom stereocenters. The monoisotopic (exact) mass is 323 g/mol. The van der Waals surface area contributed by atoms with Crippen LogP contribution < -0.4 is 0 Å². The van der Waals surface area contributed by atoms with E-state index in [0.29, 0.717) is 16.5 Å². The van der Waals surface area contributed by atoms with Gasteiger partial charge in [0.25, 0.3) is 0 Å². The molecule has 0 rings (SSSR count). The third kappa shape index (κ3) is 10.3.